The fourth-order valence-electron chi connectivity index (χ4n) is 2.32. The van der Waals surface area contributed by atoms with E-state index in [1.165, 1.54) is 22.4 Å². The van der Waals surface area contributed by atoms with Crippen molar-refractivity contribution in [1.29, 1.82) is 0 Å². The van der Waals surface area contributed by atoms with Crippen LogP contribution in [0.1, 0.15) is 16.8 Å². The van der Waals surface area contributed by atoms with Gasteiger partial charge in [-0.1, -0.05) is 30.8 Å². The highest BCUT2D eigenvalue weighted by atomic mass is 14.7. The number of fused-ring (bicyclic) bond motifs is 3. The first-order valence-electron chi connectivity index (χ1n) is 5.31. The lowest BCUT2D eigenvalue weighted by molar-refractivity contribution is 0.942. The number of benzene rings is 1. The van der Waals surface area contributed by atoms with Crippen LogP contribution in [0.4, 0.5) is 0 Å². The van der Waals surface area contributed by atoms with E-state index in [0.29, 0.717) is 0 Å². The Hall–Kier alpha value is -1.76. The monoisotopic (exact) mass is 195 g/mol. The number of hydrogen-bond donors (Lipinski definition) is 1. The number of nitrogens with one attached hydrogen (secondary N) is 1. The van der Waals surface area contributed by atoms with Gasteiger partial charge in [0, 0.05) is 17.0 Å². The van der Waals surface area contributed by atoms with Gasteiger partial charge in [0.25, 0.3) is 0 Å². The number of H-pyrrole nitrogens is 1. The molecule has 0 aliphatic heterocycles. The molecule has 0 amide bonds. The molecule has 1 aromatic carbocycles. The minimum absolute atomic E-state index is 1.12. The molecule has 1 aliphatic carbocycles. The molecule has 1 heteroatoms. The van der Waals surface area contributed by atoms with Crippen LogP contribution in [0, 0.1) is 0 Å². The quantitative estimate of drug-likeness (QED) is 0.717. The molecule has 1 aromatic heterocycles. The van der Waals surface area contributed by atoms with E-state index in [-0.39, 0.29) is 0 Å². The summed E-state index contributed by atoms with van der Waals surface area (Å²) in [5.74, 6) is 0. The van der Waals surface area contributed by atoms with Gasteiger partial charge in [0.1, 0.15) is 0 Å². The van der Waals surface area contributed by atoms with Crippen LogP contribution in [0.3, 0.4) is 0 Å². The zero-order chi connectivity index (χ0) is 10.3. The zero-order valence-electron chi connectivity index (χ0n) is 8.59. The van der Waals surface area contributed by atoms with Crippen molar-refractivity contribution in [3.63, 3.8) is 0 Å². The molecule has 74 valence electrons. The van der Waals surface area contributed by atoms with Crippen molar-refractivity contribution in [3.8, 4) is 11.3 Å². The van der Waals surface area contributed by atoms with Gasteiger partial charge in [0.05, 0.1) is 0 Å². The highest BCUT2D eigenvalue weighted by molar-refractivity contribution is 5.72. The summed E-state index contributed by atoms with van der Waals surface area (Å²) in [6.07, 6.45) is 4.16. The van der Waals surface area contributed by atoms with Crippen LogP contribution < -0.4 is 0 Å². The first-order valence-corrected chi connectivity index (χ1v) is 5.31. The van der Waals surface area contributed by atoms with Crippen molar-refractivity contribution in [2.45, 2.75) is 12.8 Å². The molecular weight excluding hydrogens is 182 g/mol. The lowest BCUT2D eigenvalue weighted by Gasteiger charge is -2.15. The lowest BCUT2D eigenvalue weighted by Crippen LogP contribution is -2.01. The molecular formula is C14H13N. The maximum atomic E-state index is 3.80. The Balaban J connectivity index is 2.24. The fraction of sp³-hybridized carbons (Fsp3) is 0.143. The molecule has 0 atom stereocenters. The van der Waals surface area contributed by atoms with Crippen molar-refractivity contribution in [2.75, 3.05) is 0 Å². The summed E-state index contributed by atoms with van der Waals surface area (Å²) in [5, 5.41) is 0. The molecule has 1 nitrogen and oxygen atoms in total. The Labute approximate surface area is 89.5 Å². The third kappa shape index (κ3) is 1.23. The molecule has 3 rings (SSSR count). The lowest BCUT2D eigenvalue weighted by atomic mass is 9.90. The number of aromatic amines is 1. The Morgan fingerprint density at radius 3 is 2.80 bits per heavy atom. The molecule has 1 N–H and O–H groups in total. The summed E-state index contributed by atoms with van der Waals surface area (Å²) in [4.78, 5) is 3.42. The second kappa shape index (κ2) is 3.13. The standard InChI is InChI=1S/C14H13N/c1-2-12-9-11-8-7-10-5-3-4-6-13(10)14(11)15-12/h2-6,9,15H,1,7-8H2. The zero-order valence-corrected chi connectivity index (χ0v) is 8.59. The molecule has 0 radical (unpaired) electrons. The minimum atomic E-state index is 1.12. The molecule has 15 heavy (non-hydrogen) atoms. The second-order valence-corrected chi connectivity index (χ2v) is 3.99. The van der Waals surface area contributed by atoms with Gasteiger partial charge in [0.15, 0.2) is 0 Å². The molecule has 0 unspecified atom stereocenters. The topological polar surface area (TPSA) is 15.8 Å². The van der Waals surface area contributed by atoms with E-state index in [2.05, 4.69) is 41.9 Å². The third-order valence-electron chi connectivity index (χ3n) is 3.09. The van der Waals surface area contributed by atoms with Crippen molar-refractivity contribution >= 4 is 6.08 Å². The number of aryl methyl sites for hydroxylation is 2. The first-order chi connectivity index (χ1) is 7.38. The maximum Gasteiger partial charge on any atom is 0.0494 e. The normalized spacial score (nSPS) is 13.1. The fourth-order valence-corrected chi connectivity index (χ4v) is 2.32. The minimum Gasteiger partial charge on any atom is -0.355 e. The van der Waals surface area contributed by atoms with Crippen molar-refractivity contribution in [2.24, 2.45) is 0 Å². The first kappa shape index (κ1) is 8.54. The van der Waals surface area contributed by atoms with Crippen molar-refractivity contribution in [3.05, 3.63) is 53.7 Å². The maximum absolute atomic E-state index is 3.80. The SMILES string of the molecule is C=Cc1cc2c([nH]1)-c1ccccc1CC2. The molecule has 1 heterocycles. The predicted octanol–water partition coefficient (Wildman–Crippen LogP) is 3.42. The predicted molar refractivity (Wildman–Crippen MR) is 63.7 cm³/mol. The van der Waals surface area contributed by atoms with Gasteiger partial charge in [-0.2, -0.15) is 0 Å². The molecule has 1 aliphatic rings. The van der Waals surface area contributed by atoms with Gasteiger partial charge in [-0.25, -0.2) is 0 Å². The van der Waals surface area contributed by atoms with Gasteiger partial charge in [-0.15, -0.1) is 0 Å². The Morgan fingerprint density at radius 1 is 1.13 bits per heavy atom. The molecule has 2 aromatic rings. The summed E-state index contributed by atoms with van der Waals surface area (Å²) < 4.78 is 0. The van der Waals surface area contributed by atoms with Gasteiger partial charge < -0.3 is 4.98 Å². The van der Waals surface area contributed by atoms with Gasteiger partial charge in [-0.05, 0) is 36.1 Å². The van der Waals surface area contributed by atoms with E-state index >= 15 is 0 Å². The van der Waals surface area contributed by atoms with E-state index in [9.17, 15) is 0 Å². The number of rotatable bonds is 1. The third-order valence-corrected chi connectivity index (χ3v) is 3.09. The molecule has 0 spiro atoms. The van der Waals surface area contributed by atoms with Crippen molar-refractivity contribution in [1.82, 2.24) is 4.98 Å². The van der Waals surface area contributed by atoms with Crippen LogP contribution in [0.25, 0.3) is 17.3 Å². The highest BCUT2D eigenvalue weighted by Gasteiger charge is 2.17. The molecule has 0 bridgehead atoms. The summed E-state index contributed by atoms with van der Waals surface area (Å²) in [6.45, 7) is 3.80. The number of hydrogen-bond acceptors (Lipinski definition) is 0. The van der Waals surface area contributed by atoms with E-state index in [1.54, 1.807) is 0 Å². The highest BCUT2D eigenvalue weighted by Crippen LogP contribution is 2.33. The summed E-state index contributed by atoms with van der Waals surface area (Å²) in [5.41, 5.74) is 6.63. The largest absolute Gasteiger partial charge is 0.355 e. The van der Waals surface area contributed by atoms with Crippen LogP contribution in [0.5, 0.6) is 0 Å². The average molecular weight is 195 g/mol. The summed E-state index contributed by atoms with van der Waals surface area (Å²) in [7, 11) is 0. The van der Waals surface area contributed by atoms with Crippen LogP contribution in [-0.2, 0) is 12.8 Å². The Morgan fingerprint density at radius 2 is 1.93 bits per heavy atom. The van der Waals surface area contributed by atoms with Crippen LogP contribution in [-0.4, -0.2) is 4.98 Å². The summed E-state index contributed by atoms with van der Waals surface area (Å²) >= 11 is 0. The average Bonchev–Trinajstić information content (AvgIpc) is 2.72. The van der Waals surface area contributed by atoms with E-state index in [1.807, 2.05) is 6.08 Å². The Kier molecular flexibility index (Phi) is 1.78. The van der Waals surface area contributed by atoms with Gasteiger partial charge in [-0.3, -0.25) is 0 Å². The Bertz CT molecular complexity index is 520. The second-order valence-electron chi connectivity index (χ2n) is 3.99. The van der Waals surface area contributed by atoms with Gasteiger partial charge >= 0.3 is 0 Å². The van der Waals surface area contributed by atoms with E-state index < -0.39 is 0 Å². The number of aromatic nitrogens is 1. The van der Waals surface area contributed by atoms with Crippen LogP contribution >= 0.6 is 0 Å². The van der Waals surface area contributed by atoms with Crippen LogP contribution in [0.2, 0.25) is 0 Å². The smallest absolute Gasteiger partial charge is 0.0494 e. The van der Waals surface area contributed by atoms with Gasteiger partial charge in [0.2, 0.25) is 0 Å². The van der Waals surface area contributed by atoms with E-state index in [0.717, 1.165) is 18.5 Å². The molecule has 0 saturated heterocycles. The molecule has 0 fully saturated rings. The molecule has 0 saturated carbocycles. The van der Waals surface area contributed by atoms with Crippen LogP contribution in [0.15, 0.2) is 36.9 Å². The van der Waals surface area contributed by atoms with E-state index in [4.69, 9.17) is 0 Å². The summed E-state index contributed by atoms with van der Waals surface area (Å²) in [6, 6.07) is 10.8. The van der Waals surface area contributed by atoms with Crippen molar-refractivity contribution < 1.29 is 0 Å².